The largest absolute Gasteiger partial charge is 1.00 e. The number of fused-ring (bicyclic) bond motifs is 2. The molecular formula is C10H13KO4. The minimum atomic E-state index is -1.40. The van der Waals surface area contributed by atoms with Crippen LogP contribution in [0.1, 0.15) is 33.6 Å². The summed E-state index contributed by atoms with van der Waals surface area (Å²) in [7, 11) is 0. The maximum atomic E-state index is 11.6. The van der Waals surface area contributed by atoms with Gasteiger partial charge in [-0.15, -0.1) is 0 Å². The second-order valence-electron chi connectivity index (χ2n) is 4.96. The first-order valence-corrected chi connectivity index (χ1v) is 4.73. The Hall–Kier alpha value is 0.576. The molecule has 2 rings (SSSR count). The molecule has 1 aliphatic carbocycles. The molecule has 1 saturated carbocycles. The van der Waals surface area contributed by atoms with E-state index in [4.69, 9.17) is 4.74 Å². The Morgan fingerprint density at radius 2 is 1.87 bits per heavy atom. The molecule has 1 heterocycles. The number of carbonyl (C=O) groups is 2. The quantitative estimate of drug-likeness (QED) is 0.356. The Kier molecular flexibility index (Phi) is 3.21. The van der Waals surface area contributed by atoms with E-state index in [1.54, 1.807) is 20.8 Å². The van der Waals surface area contributed by atoms with Crippen molar-refractivity contribution in [1.29, 1.82) is 0 Å². The van der Waals surface area contributed by atoms with Gasteiger partial charge in [-0.2, -0.15) is 0 Å². The van der Waals surface area contributed by atoms with E-state index in [9.17, 15) is 14.7 Å². The van der Waals surface area contributed by atoms with Crippen molar-refractivity contribution >= 4 is 11.9 Å². The molecule has 0 spiro atoms. The summed E-state index contributed by atoms with van der Waals surface area (Å²) in [5, 5.41) is 11.1. The molecule has 4 nitrogen and oxygen atoms in total. The Bertz CT molecular complexity index is 338. The van der Waals surface area contributed by atoms with E-state index in [0.717, 1.165) is 0 Å². The number of hydrogen-bond acceptors (Lipinski definition) is 4. The van der Waals surface area contributed by atoms with Crippen LogP contribution in [-0.4, -0.2) is 17.5 Å². The first kappa shape index (κ1) is 13.6. The summed E-state index contributed by atoms with van der Waals surface area (Å²) in [6.07, 6.45) is 0.928. The minimum absolute atomic E-state index is 0. The van der Waals surface area contributed by atoms with E-state index in [2.05, 4.69) is 0 Å². The molecule has 2 fully saturated rings. The number of esters is 1. The first-order chi connectivity index (χ1) is 6.28. The van der Waals surface area contributed by atoms with Gasteiger partial charge in [-0.1, -0.05) is 13.8 Å². The fourth-order valence-electron chi connectivity index (χ4n) is 2.70. The molecule has 2 aliphatic rings. The van der Waals surface area contributed by atoms with Crippen molar-refractivity contribution in [2.75, 3.05) is 0 Å². The van der Waals surface area contributed by atoms with Crippen molar-refractivity contribution in [3.05, 3.63) is 0 Å². The van der Waals surface area contributed by atoms with Gasteiger partial charge in [-0.3, -0.25) is 4.79 Å². The number of hydrogen-bond donors (Lipinski definition) is 0. The van der Waals surface area contributed by atoms with E-state index in [1.165, 1.54) is 0 Å². The first-order valence-electron chi connectivity index (χ1n) is 4.73. The molecule has 0 aromatic carbocycles. The third-order valence-corrected chi connectivity index (χ3v) is 4.41. The molecule has 5 heteroatoms. The molecule has 2 bridgehead atoms. The SMILES string of the molecule is CC12CCC(C(=O)[O-])(OC1=O)C2(C)C.[K+]. The predicted molar refractivity (Wildman–Crippen MR) is 45.0 cm³/mol. The molecule has 0 N–H and O–H groups in total. The van der Waals surface area contributed by atoms with Crippen LogP contribution in [0.5, 0.6) is 0 Å². The zero-order valence-corrected chi connectivity index (χ0v) is 12.7. The van der Waals surface area contributed by atoms with Crippen molar-refractivity contribution in [1.82, 2.24) is 0 Å². The van der Waals surface area contributed by atoms with Crippen LogP contribution in [0, 0.1) is 10.8 Å². The third-order valence-electron chi connectivity index (χ3n) is 4.41. The molecule has 15 heavy (non-hydrogen) atoms. The number of rotatable bonds is 1. The Morgan fingerprint density at radius 3 is 2.07 bits per heavy atom. The molecule has 2 atom stereocenters. The topological polar surface area (TPSA) is 66.4 Å². The van der Waals surface area contributed by atoms with Crippen LogP contribution >= 0.6 is 0 Å². The summed E-state index contributed by atoms with van der Waals surface area (Å²) in [4.78, 5) is 22.7. The van der Waals surface area contributed by atoms with E-state index < -0.39 is 28.4 Å². The molecule has 1 aliphatic heterocycles. The third kappa shape index (κ3) is 1.27. The van der Waals surface area contributed by atoms with Gasteiger partial charge in [0.15, 0.2) is 5.60 Å². The fourth-order valence-corrected chi connectivity index (χ4v) is 2.70. The van der Waals surface area contributed by atoms with Crippen molar-refractivity contribution in [3.8, 4) is 0 Å². The molecule has 0 aromatic rings. The molecule has 0 aromatic heterocycles. The summed E-state index contributed by atoms with van der Waals surface area (Å²) < 4.78 is 5.03. The summed E-state index contributed by atoms with van der Waals surface area (Å²) in [5.74, 6) is -1.67. The monoisotopic (exact) mass is 236 g/mol. The van der Waals surface area contributed by atoms with Crippen molar-refractivity contribution in [2.45, 2.75) is 39.2 Å². The number of ether oxygens (including phenoxy) is 1. The molecule has 2 unspecified atom stereocenters. The van der Waals surface area contributed by atoms with Crippen LogP contribution in [0.2, 0.25) is 0 Å². The van der Waals surface area contributed by atoms with E-state index in [-0.39, 0.29) is 51.4 Å². The van der Waals surface area contributed by atoms with Crippen LogP contribution in [-0.2, 0) is 14.3 Å². The van der Waals surface area contributed by atoms with Gasteiger partial charge in [0, 0.05) is 5.41 Å². The van der Waals surface area contributed by atoms with Gasteiger partial charge < -0.3 is 14.6 Å². The smallest absolute Gasteiger partial charge is 0.546 e. The van der Waals surface area contributed by atoms with E-state index >= 15 is 0 Å². The zero-order valence-electron chi connectivity index (χ0n) is 9.55. The van der Waals surface area contributed by atoms with E-state index in [0.29, 0.717) is 12.8 Å². The summed E-state index contributed by atoms with van der Waals surface area (Å²) in [6.45, 7) is 5.30. The maximum Gasteiger partial charge on any atom is 1.00 e. The fraction of sp³-hybridized carbons (Fsp3) is 0.800. The van der Waals surface area contributed by atoms with E-state index in [1.807, 2.05) is 0 Å². The molecule has 1 saturated heterocycles. The summed E-state index contributed by atoms with van der Waals surface area (Å²) >= 11 is 0. The normalized spacial score (nSPS) is 40.9. The van der Waals surface area contributed by atoms with Crippen LogP contribution in [0.15, 0.2) is 0 Å². The predicted octanol–water partition coefficient (Wildman–Crippen LogP) is -3.14. The maximum absolute atomic E-state index is 11.6. The standard InChI is InChI=1S/C10H14O4.K/c1-8(2)9(3)4-5-10(8,6(11)12)14-7(9)13;/h4-5H2,1-3H3,(H,11,12);/q;+1/p-1. The van der Waals surface area contributed by atoms with Crippen molar-refractivity contribution < 1.29 is 70.8 Å². The Labute approximate surface area is 131 Å². The van der Waals surface area contributed by atoms with Crippen LogP contribution < -0.4 is 56.5 Å². The second-order valence-corrected chi connectivity index (χ2v) is 4.96. The van der Waals surface area contributed by atoms with Gasteiger partial charge in [0.2, 0.25) is 0 Å². The minimum Gasteiger partial charge on any atom is -0.546 e. The molecule has 78 valence electrons. The zero-order chi connectivity index (χ0) is 10.8. The van der Waals surface area contributed by atoms with Gasteiger partial charge in [0.05, 0.1) is 11.4 Å². The van der Waals surface area contributed by atoms with Gasteiger partial charge in [-0.05, 0) is 19.8 Å². The summed E-state index contributed by atoms with van der Waals surface area (Å²) in [5.41, 5.74) is -2.76. The number of carbonyl (C=O) groups excluding carboxylic acids is 2. The second kappa shape index (κ2) is 3.53. The van der Waals surface area contributed by atoms with Crippen molar-refractivity contribution in [3.63, 3.8) is 0 Å². The van der Waals surface area contributed by atoms with Gasteiger partial charge in [0.1, 0.15) is 0 Å². The summed E-state index contributed by atoms with van der Waals surface area (Å²) in [6, 6.07) is 0. The van der Waals surface area contributed by atoms with Crippen LogP contribution in [0.25, 0.3) is 0 Å². The number of carboxylic acid groups (broad SMARTS) is 1. The molecule has 0 radical (unpaired) electrons. The van der Waals surface area contributed by atoms with Crippen molar-refractivity contribution in [2.24, 2.45) is 10.8 Å². The van der Waals surface area contributed by atoms with Crippen LogP contribution in [0.4, 0.5) is 0 Å². The Morgan fingerprint density at radius 1 is 1.33 bits per heavy atom. The van der Waals surface area contributed by atoms with Gasteiger partial charge in [-0.25, -0.2) is 0 Å². The van der Waals surface area contributed by atoms with Gasteiger partial charge in [0.25, 0.3) is 0 Å². The number of aliphatic carboxylic acids is 1. The molecular weight excluding hydrogens is 223 g/mol. The van der Waals surface area contributed by atoms with Gasteiger partial charge >= 0.3 is 57.4 Å². The molecule has 0 amide bonds. The number of carboxylic acids is 1. The average molecular weight is 236 g/mol. The Balaban J connectivity index is 0.00000112. The average Bonchev–Trinajstić information content (AvgIpc) is 2.34. The van der Waals surface area contributed by atoms with Crippen LogP contribution in [0.3, 0.4) is 0 Å².